The number of carbonyl (C=O) groups excluding carboxylic acids is 4. The Morgan fingerprint density at radius 1 is 1.20 bits per heavy atom. The van der Waals surface area contributed by atoms with Crippen LogP contribution < -0.4 is 0 Å². The number of ether oxygens (including phenoxy) is 3. The topological polar surface area (TPSA) is 99.2 Å². The van der Waals surface area contributed by atoms with Gasteiger partial charge in [0.15, 0.2) is 5.92 Å². The molecule has 0 saturated carbocycles. The fourth-order valence-electron chi connectivity index (χ4n) is 3.64. The predicted octanol–water partition coefficient (Wildman–Crippen LogP) is -0.167. The van der Waals surface area contributed by atoms with Gasteiger partial charge in [0.1, 0.15) is 6.10 Å². The molecule has 8 heteroatoms. The van der Waals surface area contributed by atoms with Crippen molar-refractivity contribution in [3.63, 3.8) is 0 Å². The number of fused-ring (bicyclic) bond motifs is 3. The first kappa shape index (κ1) is 17.3. The van der Waals surface area contributed by atoms with Crippen molar-refractivity contribution in [2.24, 2.45) is 17.8 Å². The zero-order chi connectivity index (χ0) is 18.3. The molecule has 1 fully saturated rings. The van der Waals surface area contributed by atoms with Crippen molar-refractivity contribution in [3.8, 4) is 0 Å². The van der Waals surface area contributed by atoms with E-state index in [2.05, 4.69) is 9.47 Å². The van der Waals surface area contributed by atoms with Crippen LogP contribution in [-0.4, -0.2) is 62.1 Å². The number of imide groups is 1. The Bertz CT molecular complexity index is 679. The third kappa shape index (κ3) is 2.66. The zero-order valence-electron chi connectivity index (χ0n) is 14.1. The van der Waals surface area contributed by atoms with Crippen LogP contribution in [0.1, 0.15) is 6.42 Å². The molecule has 0 aromatic heterocycles. The van der Waals surface area contributed by atoms with Gasteiger partial charge in [-0.1, -0.05) is 18.2 Å². The number of esters is 2. The lowest BCUT2D eigenvalue weighted by molar-refractivity contribution is -0.167. The van der Waals surface area contributed by atoms with Gasteiger partial charge in [-0.05, 0) is 12.0 Å². The van der Waals surface area contributed by atoms with Crippen molar-refractivity contribution in [2.75, 3.05) is 21.3 Å². The highest BCUT2D eigenvalue weighted by Gasteiger charge is 2.54. The van der Waals surface area contributed by atoms with Gasteiger partial charge >= 0.3 is 11.9 Å². The second kappa shape index (κ2) is 6.44. The van der Waals surface area contributed by atoms with Crippen LogP contribution in [0.2, 0.25) is 0 Å². The molecule has 25 heavy (non-hydrogen) atoms. The van der Waals surface area contributed by atoms with Crippen LogP contribution in [0, 0.1) is 17.8 Å². The van der Waals surface area contributed by atoms with E-state index in [1.54, 1.807) is 12.2 Å². The van der Waals surface area contributed by atoms with E-state index in [4.69, 9.17) is 4.74 Å². The standard InChI is InChI=1S/C17H19NO7/c1-18-14(19)9-6-4-8-5-7-10(25-13(8)11(9)15(18)20)12(16(21)23-2)17(22)24-3/h4-5,7,9-13H,6H2,1-3H3/t9-,10-,11-,13+/m0/s1. The fraction of sp³-hybridized carbons (Fsp3) is 0.529. The van der Waals surface area contributed by atoms with Crippen LogP contribution in [-0.2, 0) is 33.4 Å². The number of hydrogen-bond acceptors (Lipinski definition) is 7. The lowest BCUT2D eigenvalue weighted by Gasteiger charge is -2.36. The van der Waals surface area contributed by atoms with E-state index >= 15 is 0 Å². The molecule has 2 aliphatic heterocycles. The summed E-state index contributed by atoms with van der Waals surface area (Å²) in [6.07, 6.45) is 3.99. The Balaban J connectivity index is 1.92. The SMILES string of the molecule is COC(=O)C(C(=O)OC)[C@@H]1C=CC2=CC[C@@H]3C(=O)N(C)C(=O)[C@@H]3[C@@H]2O1. The van der Waals surface area contributed by atoms with Crippen LogP contribution in [0.3, 0.4) is 0 Å². The first-order chi connectivity index (χ1) is 11.9. The van der Waals surface area contributed by atoms with Crippen molar-refractivity contribution in [3.05, 3.63) is 23.8 Å². The van der Waals surface area contributed by atoms with Gasteiger partial charge in [0.25, 0.3) is 0 Å². The van der Waals surface area contributed by atoms with E-state index in [9.17, 15) is 19.2 Å². The molecule has 3 rings (SSSR count). The third-order valence-corrected chi connectivity index (χ3v) is 4.98. The van der Waals surface area contributed by atoms with E-state index in [0.29, 0.717) is 6.42 Å². The van der Waals surface area contributed by atoms with E-state index in [1.807, 2.05) is 6.08 Å². The van der Waals surface area contributed by atoms with E-state index in [0.717, 1.165) is 10.5 Å². The summed E-state index contributed by atoms with van der Waals surface area (Å²) in [5.41, 5.74) is 0.766. The first-order valence-corrected chi connectivity index (χ1v) is 7.91. The molecule has 1 saturated heterocycles. The van der Waals surface area contributed by atoms with Gasteiger partial charge in [0, 0.05) is 7.05 Å². The molecule has 0 unspecified atom stereocenters. The van der Waals surface area contributed by atoms with Gasteiger partial charge in [-0.3, -0.25) is 24.1 Å². The number of methoxy groups -OCH3 is 2. The summed E-state index contributed by atoms with van der Waals surface area (Å²) < 4.78 is 15.3. The van der Waals surface area contributed by atoms with Gasteiger partial charge in [-0.2, -0.15) is 0 Å². The Morgan fingerprint density at radius 2 is 1.84 bits per heavy atom. The summed E-state index contributed by atoms with van der Waals surface area (Å²) in [5, 5.41) is 0. The van der Waals surface area contributed by atoms with Crippen LogP contribution in [0.25, 0.3) is 0 Å². The molecule has 4 atom stereocenters. The van der Waals surface area contributed by atoms with E-state index < -0.39 is 41.9 Å². The zero-order valence-corrected chi connectivity index (χ0v) is 14.1. The number of nitrogens with zero attached hydrogens (tertiary/aromatic N) is 1. The lowest BCUT2D eigenvalue weighted by Crippen LogP contribution is -2.46. The summed E-state index contributed by atoms with van der Waals surface area (Å²) in [6, 6.07) is 0. The number of rotatable bonds is 3. The normalized spacial score (nSPS) is 30.7. The Kier molecular flexibility index (Phi) is 4.47. The molecule has 0 radical (unpaired) electrons. The smallest absolute Gasteiger partial charge is 0.323 e. The average molecular weight is 349 g/mol. The molecule has 0 aromatic carbocycles. The highest BCUT2D eigenvalue weighted by atomic mass is 16.6. The second-order valence-corrected chi connectivity index (χ2v) is 6.21. The van der Waals surface area contributed by atoms with Gasteiger partial charge in [0.05, 0.1) is 32.2 Å². The minimum absolute atomic E-state index is 0.238. The third-order valence-electron chi connectivity index (χ3n) is 4.98. The average Bonchev–Trinajstić information content (AvgIpc) is 2.85. The molecule has 0 spiro atoms. The van der Waals surface area contributed by atoms with Gasteiger partial charge < -0.3 is 14.2 Å². The maximum Gasteiger partial charge on any atom is 0.323 e. The molecule has 2 amide bonds. The van der Waals surface area contributed by atoms with E-state index in [-0.39, 0.29) is 11.8 Å². The first-order valence-electron chi connectivity index (χ1n) is 7.91. The molecule has 3 aliphatic rings. The number of allylic oxidation sites excluding steroid dienone is 1. The maximum absolute atomic E-state index is 12.5. The summed E-state index contributed by atoms with van der Waals surface area (Å²) in [7, 11) is 3.78. The van der Waals surface area contributed by atoms with Crippen molar-refractivity contribution in [2.45, 2.75) is 18.6 Å². The summed E-state index contributed by atoms with van der Waals surface area (Å²) in [4.78, 5) is 49.7. The van der Waals surface area contributed by atoms with Crippen molar-refractivity contribution in [1.29, 1.82) is 0 Å². The molecular weight excluding hydrogens is 330 g/mol. The summed E-state index contributed by atoms with van der Waals surface area (Å²) >= 11 is 0. The van der Waals surface area contributed by atoms with Crippen molar-refractivity contribution in [1.82, 2.24) is 4.90 Å². The summed E-state index contributed by atoms with van der Waals surface area (Å²) in [5.74, 6) is -4.55. The molecule has 2 heterocycles. The fourth-order valence-corrected chi connectivity index (χ4v) is 3.64. The Labute approximate surface area is 144 Å². The Hall–Kier alpha value is -2.48. The molecule has 8 nitrogen and oxygen atoms in total. The highest BCUT2D eigenvalue weighted by Crippen LogP contribution is 2.42. The lowest BCUT2D eigenvalue weighted by atomic mass is 9.77. The minimum atomic E-state index is -1.29. The van der Waals surface area contributed by atoms with Gasteiger partial charge in [-0.25, -0.2) is 0 Å². The van der Waals surface area contributed by atoms with Gasteiger partial charge in [0.2, 0.25) is 11.8 Å². The number of carbonyl (C=O) groups is 4. The van der Waals surface area contributed by atoms with Crippen LogP contribution in [0.15, 0.2) is 23.8 Å². The molecule has 0 bridgehead atoms. The monoisotopic (exact) mass is 349 g/mol. The maximum atomic E-state index is 12.5. The van der Waals surface area contributed by atoms with Crippen molar-refractivity contribution < 1.29 is 33.4 Å². The largest absolute Gasteiger partial charge is 0.468 e. The van der Waals surface area contributed by atoms with Crippen molar-refractivity contribution >= 4 is 23.8 Å². The summed E-state index contributed by atoms with van der Waals surface area (Å²) in [6.45, 7) is 0. The highest BCUT2D eigenvalue weighted by molar-refractivity contribution is 6.05. The van der Waals surface area contributed by atoms with Gasteiger partial charge in [-0.15, -0.1) is 0 Å². The molecule has 1 aliphatic carbocycles. The Morgan fingerprint density at radius 3 is 2.44 bits per heavy atom. The number of amides is 2. The molecular formula is C17H19NO7. The quantitative estimate of drug-likeness (QED) is 0.396. The predicted molar refractivity (Wildman–Crippen MR) is 82.8 cm³/mol. The number of hydrogen-bond donors (Lipinski definition) is 0. The minimum Gasteiger partial charge on any atom is -0.468 e. The second-order valence-electron chi connectivity index (χ2n) is 6.21. The van der Waals surface area contributed by atoms with Crippen LogP contribution in [0.5, 0.6) is 0 Å². The molecule has 0 aromatic rings. The van der Waals surface area contributed by atoms with E-state index in [1.165, 1.54) is 21.3 Å². The molecule has 134 valence electrons. The van der Waals surface area contributed by atoms with Crippen LogP contribution in [0.4, 0.5) is 0 Å². The molecule has 0 N–H and O–H groups in total. The number of likely N-dealkylation sites (tertiary alicyclic amines) is 1. The van der Waals surface area contributed by atoms with Crippen LogP contribution >= 0.6 is 0 Å².